The minimum atomic E-state index is -1.12. The molecule has 0 saturated heterocycles. The summed E-state index contributed by atoms with van der Waals surface area (Å²) < 4.78 is 14.0. The summed E-state index contributed by atoms with van der Waals surface area (Å²) in [5.41, 5.74) is 4.36. The maximum absolute atomic E-state index is 14.0. The Kier molecular flexibility index (Phi) is 8.41. The molecule has 2 aliphatic rings. The molecule has 6 heteroatoms. The normalized spacial score (nSPS) is 23.1. The fraction of sp³-hybridized carbons (Fsp3) is 0.310. The molecule has 0 radical (unpaired) electrons. The fourth-order valence-corrected chi connectivity index (χ4v) is 4.51. The molecule has 1 saturated carbocycles. The summed E-state index contributed by atoms with van der Waals surface area (Å²) in [6.07, 6.45) is 9.89. The summed E-state index contributed by atoms with van der Waals surface area (Å²) in [6.45, 7) is 17.0. The molecule has 1 aliphatic heterocycles. The van der Waals surface area contributed by atoms with Gasteiger partial charge in [0.2, 0.25) is 0 Å². The van der Waals surface area contributed by atoms with Crippen molar-refractivity contribution in [2.24, 2.45) is 10.9 Å². The molecule has 35 heavy (non-hydrogen) atoms. The van der Waals surface area contributed by atoms with Crippen molar-refractivity contribution in [2.45, 2.75) is 52.2 Å². The second-order valence-electron chi connectivity index (χ2n) is 8.95. The Hall–Kier alpha value is -3.51. The Balaban J connectivity index is 1.85. The predicted molar refractivity (Wildman–Crippen MR) is 142 cm³/mol. The van der Waals surface area contributed by atoms with Crippen LogP contribution < -0.4 is 10.2 Å². The second-order valence-corrected chi connectivity index (χ2v) is 8.95. The summed E-state index contributed by atoms with van der Waals surface area (Å²) in [5.74, 6) is -0.0933. The lowest BCUT2D eigenvalue weighted by atomic mass is 9.77. The first-order valence-corrected chi connectivity index (χ1v) is 11.9. The van der Waals surface area contributed by atoms with Crippen LogP contribution in [0.5, 0.6) is 0 Å². The van der Waals surface area contributed by atoms with Crippen molar-refractivity contribution >= 4 is 23.9 Å². The number of fused-ring (bicyclic) bond motifs is 1. The Morgan fingerprint density at radius 1 is 1.34 bits per heavy atom. The Morgan fingerprint density at radius 2 is 2.06 bits per heavy atom. The van der Waals surface area contributed by atoms with Crippen LogP contribution in [0.4, 0.5) is 10.1 Å². The highest BCUT2D eigenvalue weighted by Crippen LogP contribution is 2.44. The van der Waals surface area contributed by atoms with Crippen LogP contribution in [0.3, 0.4) is 0 Å². The minimum Gasteiger partial charge on any atom is -0.378 e. The van der Waals surface area contributed by atoms with E-state index in [0.29, 0.717) is 34.1 Å². The first-order chi connectivity index (χ1) is 16.7. The molecule has 5 nitrogen and oxygen atoms in total. The van der Waals surface area contributed by atoms with Crippen molar-refractivity contribution in [3.8, 4) is 0 Å². The first-order valence-electron chi connectivity index (χ1n) is 11.9. The highest BCUT2D eigenvalue weighted by molar-refractivity contribution is 6.05. The van der Waals surface area contributed by atoms with Crippen molar-refractivity contribution < 1.29 is 14.3 Å². The molecule has 1 amide bonds. The molecule has 1 atom stereocenters. The van der Waals surface area contributed by atoms with Crippen molar-refractivity contribution in [1.82, 2.24) is 5.32 Å². The maximum Gasteiger partial charge on any atom is 0.260 e. The third-order valence-corrected chi connectivity index (χ3v) is 6.55. The van der Waals surface area contributed by atoms with Crippen molar-refractivity contribution in [3.05, 3.63) is 95.8 Å². The van der Waals surface area contributed by atoms with Crippen LogP contribution in [0, 0.1) is 5.92 Å². The number of carbonyl (C=O) groups is 1. The molecule has 1 aliphatic carbocycles. The lowest BCUT2D eigenvalue weighted by molar-refractivity contribution is -0.126. The molecule has 1 unspecified atom stereocenters. The van der Waals surface area contributed by atoms with Gasteiger partial charge >= 0.3 is 0 Å². The number of aliphatic imine (C=N–C) groups is 1. The van der Waals surface area contributed by atoms with E-state index in [9.17, 15) is 14.3 Å². The average Bonchev–Trinajstić information content (AvgIpc) is 3.06. The molecular formula is C29H34FN3O2. The number of allylic oxidation sites excluding steroid dienone is 8. The quantitative estimate of drug-likeness (QED) is 0.309. The van der Waals surface area contributed by atoms with E-state index in [-0.39, 0.29) is 11.9 Å². The van der Waals surface area contributed by atoms with E-state index in [2.05, 4.69) is 37.1 Å². The van der Waals surface area contributed by atoms with Crippen molar-refractivity contribution in [3.63, 3.8) is 0 Å². The molecule has 0 bridgehead atoms. The van der Waals surface area contributed by atoms with Gasteiger partial charge in [0.05, 0.1) is 17.1 Å². The van der Waals surface area contributed by atoms with E-state index in [1.54, 1.807) is 49.1 Å². The first kappa shape index (κ1) is 26.1. The van der Waals surface area contributed by atoms with E-state index < -0.39 is 11.9 Å². The molecule has 1 aromatic carbocycles. The van der Waals surface area contributed by atoms with Crippen LogP contribution >= 0.6 is 0 Å². The molecule has 184 valence electrons. The lowest BCUT2D eigenvalue weighted by Crippen LogP contribution is -2.46. The van der Waals surface area contributed by atoms with Gasteiger partial charge in [0.25, 0.3) is 5.91 Å². The smallest absolute Gasteiger partial charge is 0.260 e. The number of amides is 1. The Morgan fingerprint density at radius 3 is 2.66 bits per heavy atom. The highest BCUT2D eigenvalue weighted by Gasteiger charge is 2.44. The number of aliphatic hydroxyl groups excluding tert-OH is 1. The number of benzene rings is 1. The monoisotopic (exact) mass is 475 g/mol. The van der Waals surface area contributed by atoms with Gasteiger partial charge in [-0.05, 0) is 80.8 Å². The standard InChI is InChI=1S/C29H34FN3O2/c1-7-10-26(25(30)9-3)32-19(5)14-22(31-6)13-18(4)21-11-12-24-27(17-21)33(29(35)28(24)34)23-15-20(8-2)16-23/h7,9-14,17,20,23,28,32,34H,3-4,6,8,15-16H2,1-2,5H3/b10-7-,19-14?,22-13+,26-25-. The molecule has 3 rings (SSSR count). The number of anilines is 1. The molecular weight excluding hydrogens is 441 g/mol. The van der Waals surface area contributed by atoms with E-state index in [4.69, 9.17) is 0 Å². The minimum absolute atomic E-state index is 0.125. The van der Waals surface area contributed by atoms with Gasteiger partial charge in [-0.15, -0.1) is 0 Å². The average molecular weight is 476 g/mol. The number of aliphatic hydroxyl groups is 1. The summed E-state index contributed by atoms with van der Waals surface area (Å²) in [7, 11) is 0. The van der Waals surface area contributed by atoms with Gasteiger partial charge in [0.15, 0.2) is 6.10 Å². The number of hydrogen-bond acceptors (Lipinski definition) is 4. The van der Waals surface area contributed by atoms with Gasteiger partial charge in [-0.25, -0.2) is 4.39 Å². The van der Waals surface area contributed by atoms with Gasteiger partial charge < -0.3 is 15.3 Å². The maximum atomic E-state index is 14.0. The largest absolute Gasteiger partial charge is 0.378 e. The van der Waals surface area contributed by atoms with E-state index in [1.165, 1.54) is 0 Å². The van der Waals surface area contributed by atoms with Crippen LogP contribution in [0.15, 0.2) is 89.6 Å². The summed E-state index contributed by atoms with van der Waals surface area (Å²) in [4.78, 5) is 18.6. The Bertz CT molecular complexity index is 1150. The number of carbonyl (C=O) groups excluding carboxylic acids is 1. The Labute approximate surface area is 207 Å². The van der Waals surface area contributed by atoms with Crippen LogP contribution in [0.25, 0.3) is 5.57 Å². The number of nitrogens with one attached hydrogen (secondary N) is 1. The number of hydrogen-bond donors (Lipinski definition) is 2. The van der Waals surface area contributed by atoms with E-state index >= 15 is 0 Å². The van der Waals surface area contributed by atoms with Crippen molar-refractivity contribution in [1.29, 1.82) is 0 Å². The summed E-state index contributed by atoms with van der Waals surface area (Å²) in [6, 6.07) is 5.66. The number of halogens is 1. The second kappa shape index (κ2) is 11.3. The van der Waals surface area contributed by atoms with Gasteiger partial charge in [-0.3, -0.25) is 9.79 Å². The highest BCUT2D eigenvalue weighted by atomic mass is 19.1. The summed E-state index contributed by atoms with van der Waals surface area (Å²) in [5, 5.41) is 13.5. The van der Waals surface area contributed by atoms with Gasteiger partial charge in [-0.2, -0.15) is 0 Å². The lowest BCUT2D eigenvalue weighted by Gasteiger charge is -2.41. The topological polar surface area (TPSA) is 64.9 Å². The summed E-state index contributed by atoms with van der Waals surface area (Å²) >= 11 is 0. The zero-order chi connectivity index (χ0) is 25.7. The molecule has 0 spiro atoms. The number of nitrogens with zero attached hydrogens (tertiary/aromatic N) is 2. The van der Waals surface area contributed by atoms with E-state index in [0.717, 1.165) is 36.6 Å². The van der Waals surface area contributed by atoms with Crippen LogP contribution in [-0.2, 0) is 4.79 Å². The van der Waals surface area contributed by atoms with Crippen LogP contribution in [-0.4, -0.2) is 23.8 Å². The molecule has 1 aromatic rings. The van der Waals surface area contributed by atoms with Crippen LogP contribution in [0.1, 0.15) is 57.3 Å². The third kappa shape index (κ3) is 5.60. The zero-order valence-electron chi connectivity index (χ0n) is 20.7. The SMILES string of the molecule is C=C/C(F)=C(\C=C/C)NC(C)=C/C(=C\C(=C)c1ccc2c(c1)N(C1CC(CC)C1)C(=O)C2O)N=C. The molecule has 1 fully saturated rings. The van der Waals surface area contributed by atoms with Crippen LogP contribution in [0.2, 0.25) is 0 Å². The fourth-order valence-electron chi connectivity index (χ4n) is 4.51. The zero-order valence-corrected chi connectivity index (χ0v) is 20.7. The molecule has 2 N–H and O–H groups in total. The van der Waals surface area contributed by atoms with Gasteiger partial charge in [-0.1, -0.05) is 44.7 Å². The van der Waals surface area contributed by atoms with Crippen molar-refractivity contribution in [2.75, 3.05) is 4.90 Å². The van der Waals surface area contributed by atoms with Gasteiger partial charge in [0, 0.05) is 17.3 Å². The number of rotatable bonds is 10. The van der Waals surface area contributed by atoms with E-state index in [1.807, 2.05) is 12.1 Å². The predicted octanol–water partition coefficient (Wildman–Crippen LogP) is 6.29. The molecule has 0 aromatic heterocycles. The van der Waals surface area contributed by atoms with Gasteiger partial charge in [0.1, 0.15) is 5.83 Å². The molecule has 1 heterocycles. The third-order valence-electron chi connectivity index (χ3n) is 6.55.